The minimum Gasteiger partial charge on any atom is -0.347 e. The number of hydrogen-bond donors (Lipinski definition) is 2. The summed E-state index contributed by atoms with van der Waals surface area (Å²) in [5, 5.41) is 9.89. The third-order valence-corrected chi connectivity index (χ3v) is 1.59. The maximum Gasteiger partial charge on any atom is 0.177 e. The first-order valence-electron chi connectivity index (χ1n) is 4.23. The summed E-state index contributed by atoms with van der Waals surface area (Å²) in [7, 11) is 0. The van der Waals surface area contributed by atoms with Gasteiger partial charge in [0.2, 0.25) is 0 Å². The second-order valence-electron chi connectivity index (χ2n) is 2.81. The third kappa shape index (κ3) is 3.68. The molecule has 1 rings (SSSR count). The monoisotopic (exact) mass is 207 g/mol. The molecule has 0 unspecified atom stereocenters. The molecule has 0 fully saturated rings. The molecule has 0 radical (unpaired) electrons. The van der Waals surface area contributed by atoms with Gasteiger partial charge in [-0.3, -0.25) is 10.2 Å². The van der Waals surface area contributed by atoms with E-state index in [2.05, 4.69) is 10.3 Å². The number of nitrogens with zero attached hydrogens (tertiary/aromatic N) is 1. The van der Waals surface area contributed by atoms with Crippen molar-refractivity contribution in [3.63, 3.8) is 0 Å². The van der Waals surface area contributed by atoms with E-state index < -0.39 is 5.82 Å². The van der Waals surface area contributed by atoms with Crippen molar-refractivity contribution in [2.75, 3.05) is 5.32 Å². The van der Waals surface area contributed by atoms with Crippen LogP contribution in [0.1, 0.15) is 6.92 Å². The smallest absolute Gasteiger partial charge is 0.177 e. The van der Waals surface area contributed by atoms with E-state index in [0.29, 0.717) is 5.82 Å². The van der Waals surface area contributed by atoms with Crippen LogP contribution >= 0.6 is 0 Å². The number of nitrogens with one attached hydrogen (secondary N) is 2. The molecule has 5 heteroatoms. The number of Topliss-reactive ketones (excluding diaryl/α,β-unsaturated/α-hetero) is 1. The van der Waals surface area contributed by atoms with Crippen molar-refractivity contribution in [1.82, 2.24) is 4.98 Å². The quantitative estimate of drug-likeness (QED) is 0.739. The molecule has 0 aliphatic heterocycles. The zero-order valence-corrected chi connectivity index (χ0v) is 8.12. The molecular weight excluding hydrogens is 197 g/mol. The maximum atomic E-state index is 12.5. The zero-order valence-electron chi connectivity index (χ0n) is 8.12. The van der Waals surface area contributed by atoms with Gasteiger partial charge in [-0.15, -0.1) is 0 Å². The van der Waals surface area contributed by atoms with E-state index in [1.807, 2.05) is 0 Å². The van der Waals surface area contributed by atoms with Gasteiger partial charge >= 0.3 is 0 Å². The molecule has 0 spiro atoms. The number of allylic oxidation sites excluding steroid dienone is 1. The highest BCUT2D eigenvalue weighted by atomic mass is 19.1. The summed E-state index contributed by atoms with van der Waals surface area (Å²) in [4.78, 5) is 14.4. The van der Waals surface area contributed by atoms with E-state index >= 15 is 0 Å². The Kier molecular flexibility index (Phi) is 3.68. The predicted octanol–water partition coefficient (Wildman–Crippen LogP) is 1.76. The molecule has 78 valence electrons. The number of aromatic nitrogens is 1. The number of ketones is 1. The van der Waals surface area contributed by atoms with Crippen LogP contribution in [0.2, 0.25) is 0 Å². The summed E-state index contributed by atoms with van der Waals surface area (Å²) in [5.74, 6) is -0.287. The first kappa shape index (κ1) is 11.0. The van der Waals surface area contributed by atoms with Crippen molar-refractivity contribution < 1.29 is 9.18 Å². The summed E-state index contributed by atoms with van der Waals surface area (Å²) in [6.45, 7) is 1.31. The summed E-state index contributed by atoms with van der Waals surface area (Å²) < 4.78 is 12.5. The normalized spacial score (nSPS) is 10.3. The van der Waals surface area contributed by atoms with Crippen molar-refractivity contribution in [1.29, 1.82) is 5.41 Å². The zero-order chi connectivity index (χ0) is 11.3. The summed E-state index contributed by atoms with van der Waals surface area (Å²) in [6.07, 6.45) is 3.80. The van der Waals surface area contributed by atoms with Crippen molar-refractivity contribution in [3.05, 3.63) is 36.4 Å². The van der Waals surface area contributed by atoms with E-state index in [9.17, 15) is 9.18 Å². The molecule has 0 bridgehead atoms. The lowest BCUT2D eigenvalue weighted by atomic mass is 10.3. The summed E-state index contributed by atoms with van der Waals surface area (Å²) in [5.41, 5.74) is -0.107. The number of rotatable bonds is 4. The van der Waals surface area contributed by atoms with E-state index in [1.165, 1.54) is 31.3 Å². The molecule has 1 aromatic heterocycles. The van der Waals surface area contributed by atoms with E-state index in [0.717, 1.165) is 6.20 Å². The minimum atomic E-state index is -0.416. The highest BCUT2D eigenvalue weighted by Gasteiger charge is 1.96. The van der Waals surface area contributed by atoms with E-state index in [1.54, 1.807) is 0 Å². The van der Waals surface area contributed by atoms with Crippen molar-refractivity contribution in [2.45, 2.75) is 6.92 Å². The first-order valence-corrected chi connectivity index (χ1v) is 4.23. The van der Waals surface area contributed by atoms with Crippen LogP contribution in [0.3, 0.4) is 0 Å². The number of carbonyl (C=O) groups is 1. The second-order valence-corrected chi connectivity index (χ2v) is 2.81. The highest BCUT2D eigenvalue weighted by Crippen LogP contribution is 2.02. The van der Waals surface area contributed by atoms with Crippen LogP contribution in [-0.2, 0) is 4.79 Å². The van der Waals surface area contributed by atoms with Crippen LogP contribution in [0.25, 0.3) is 0 Å². The molecule has 0 amide bonds. The lowest BCUT2D eigenvalue weighted by molar-refractivity contribution is -0.111. The molecule has 0 aromatic carbocycles. The minimum absolute atomic E-state index is 0.107. The van der Waals surface area contributed by atoms with Gasteiger partial charge in [0.1, 0.15) is 11.6 Å². The Morgan fingerprint density at radius 1 is 1.60 bits per heavy atom. The Morgan fingerprint density at radius 3 is 2.87 bits per heavy atom. The fraction of sp³-hybridized carbons (Fsp3) is 0.100. The molecule has 15 heavy (non-hydrogen) atoms. The molecule has 0 saturated carbocycles. The van der Waals surface area contributed by atoms with Gasteiger partial charge in [-0.2, -0.15) is 0 Å². The fourth-order valence-electron chi connectivity index (χ4n) is 0.789. The first-order chi connectivity index (χ1) is 7.09. The average Bonchev–Trinajstić information content (AvgIpc) is 2.20. The molecule has 0 aliphatic carbocycles. The second kappa shape index (κ2) is 4.99. The number of carbonyl (C=O) groups excluding carboxylic acids is 1. The van der Waals surface area contributed by atoms with E-state index in [4.69, 9.17) is 5.41 Å². The number of anilines is 1. The van der Waals surface area contributed by atoms with Gasteiger partial charge in [-0.25, -0.2) is 9.37 Å². The van der Waals surface area contributed by atoms with Crippen molar-refractivity contribution >= 4 is 17.3 Å². The predicted molar refractivity (Wildman–Crippen MR) is 55.4 cm³/mol. The molecule has 0 aliphatic rings. The Labute approximate surface area is 86.3 Å². The molecule has 0 atom stereocenters. The Hall–Kier alpha value is -2.04. The molecule has 1 heterocycles. The van der Waals surface area contributed by atoms with Gasteiger partial charge in [0.15, 0.2) is 5.78 Å². The van der Waals surface area contributed by atoms with Gasteiger partial charge in [-0.05, 0) is 18.2 Å². The van der Waals surface area contributed by atoms with Gasteiger partial charge in [0, 0.05) is 13.1 Å². The van der Waals surface area contributed by atoms with Crippen molar-refractivity contribution in [3.8, 4) is 0 Å². The highest BCUT2D eigenvalue weighted by molar-refractivity contribution is 6.42. The standard InChI is InChI=1S/C10H10FN3O/c1-7(15)9(12)4-5-13-10-3-2-8(11)6-14-10/h2-6,12H,1H3,(H,13,14)/b5-4-,12-9?. The maximum absolute atomic E-state index is 12.5. The van der Waals surface area contributed by atoms with Crippen LogP contribution in [-0.4, -0.2) is 16.5 Å². The topological polar surface area (TPSA) is 65.8 Å². The van der Waals surface area contributed by atoms with Crippen LogP contribution in [0, 0.1) is 11.2 Å². The summed E-state index contributed by atoms with van der Waals surface area (Å²) >= 11 is 0. The van der Waals surface area contributed by atoms with Crippen LogP contribution in [0.5, 0.6) is 0 Å². The van der Waals surface area contributed by atoms with Gasteiger partial charge in [0.25, 0.3) is 0 Å². The largest absolute Gasteiger partial charge is 0.347 e. The lowest BCUT2D eigenvalue weighted by Crippen LogP contribution is -2.04. The van der Waals surface area contributed by atoms with Gasteiger partial charge in [0.05, 0.1) is 11.9 Å². The SMILES string of the molecule is CC(=O)C(=N)/C=C\Nc1ccc(F)cn1. The Balaban J connectivity index is 2.54. The summed E-state index contributed by atoms with van der Waals surface area (Å²) in [6, 6.07) is 2.72. The average molecular weight is 207 g/mol. The van der Waals surface area contributed by atoms with Crippen LogP contribution in [0.15, 0.2) is 30.6 Å². The number of halogens is 1. The molecule has 2 N–H and O–H groups in total. The number of hydrogen-bond acceptors (Lipinski definition) is 4. The molecule has 4 nitrogen and oxygen atoms in total. The number of pyridine rings is 1. The fourth-order valence-corrected chi connectivity index (χ4v) is 0.789. The van der Waals surface area contributed by atoms with E-state index in [-0.39, 0.29) is 11.5 Å². The molecular formula is C10H10FN3O. The Bertz CT molecular complexity index is 398. The van der Waals surface area contributed by atoms with Crippen LogP contribution < -0.4 is 5.32 Å². The van der Waals surface area contributed by atoms with Crippen LogP contribution in [0.4, 0.5) is 10.2 Å². The lowest BCUT2D eigenvalue weighted by Gasteiger charge is -1.98. The van der Waals surface area contributed by atoms with Crippen molar-refractivity contribution in [2.24, 2.45) is 0 Å². The van der Waals surface area contributed by atoms with Gasteiger partial charge < -0.3 is 5.32 Å². The Morgan fingerprint density at radius 2 is 2.33 bits per heavy atom. The molecule has 0 saturated heterocycles. The third-order valence-electron chi connectivity index (χ3n) is 1.59. The van der Waals surface area contributed by atoms with Gasteiger partial charge in [-0.1, -0.05) is 0 Å². The molecule has 1 aromatic rings.